The fourth-order valence-corrected chi connectivity index (χ4v) is 1.79. The quantitative estimate of drug-likeness (QED) is 0.797. The van der Waals surface area contributed by atoms with Crippen molar-refractivity contribution in [2.75, 3.05) is 7.05 Å². The summed E-state index contributed by atoms with van der Waals surface area (Å²) in [7, 11) is 1.65. The molecule has 2 rings (SSSR count). The zero-order valence-electron chi connectivity index (χ0n) is 12.9. The number of nitrogens with zero attached hydrogens (tertiary/aromatic N) is 4. The molecule has 0 aliphatic rings. The number of aromatic nitrogens is 3. The molecule has 2 aromatic heterocycles. The lowest BCUT2D eigenvalue weighted by atomic mass is 10.2. The van der Waals surface area contributed by atoms with Gasteiger partial charge in [0.2, 0.25) is 0 Å². The molecule has 0 bridgehead atoms. The van der Waals surface area contributed by atoms with Crippen molar-refractivity contribution < 1.29 is 14.1 Å². The first-order chi connectivity index (χ1) is 11.0. The maximum atomic E-state index is 12.0. The predicted octanol–water partition coefficient (Wildman–Crippen LogP) is 0.468. The fraction of sp³-hybridized carbons (Fsp3) is 0.357. The number of hydrogen-bond acceptors (Lipinski definition) is 6. The van der Waals surface area contributed by atoms with Crippen LogP contribution in [0.3, 0.4) is 0 Å². The van der Waals surface area contributed by atoms with Crippen LogP contribution in [-0.4, -0.2) is 39.0 Å². The van der Waals surface area contributed by atoms with Crippen LogP contribution in [-0.2, 0) is 19.5 Å². The monoisotopic (exact) mass is 318 g/mol. The number of carbonyl (C=O) groups is 2. The Morgan fingerprint density at radius 3 is 2.74 bits per heavy atom. The Morgan fingerprint density at radius 1 is 1.39 bits per heavy atom. The zero-order valence-corrected chi connectivity index (χ0v) is 12.9. The first-order valence-corrected chi connectivity index (χ1v) is 7.04. The van der Waals surface area contributed by atoms with Gasteiger partial charge >= 0.3 is 17.8 Å². The van der Waals surface area contributed by atoms with E-state index in [-0.39, 0.29) is 24.3 Å². The second-order valence-electron chi connectivity index (χ2n) is 4.91. The lowest BCUT2D eigenvalue weighted by Crippen LogP contribution is -2.36. The normalized spacial score (nSPS) is 10.3. The summed E-state index contributed by atoms with van der Waals surface area (Å²) in [6, 6.07) is 3.55. The van der Waals surface area contributed by atoms with Crippen LogP contribution in [0.4, 0.5) is 4.79 Å². The van der Waals surface area contributed by atoms with E-state index in [0.717, 1.165) is 17.7 Å². The van der Waals surface area contributed by atoms with E-state index in [1.165, 1.54) is 4.90 Å². The third kappa shape index (κ3) is 4.50. The van der Waals surface area contributed by atoms with E-state index in [0.29, 0.717) is 6.54 Å². The number of aryl methyl sites for hydroxylation is 1. The van der Waals surface area contributed by atoms with Gasteiger partial charge in [0, 0.05) is 13.2 Å². The van der Waals surface area contributed by atoms with Gasteiger partial charge in [0.25, 0.3) is 0 Å². The molecule has 2 heterocycles. The Bertz CT molecular complexity index is 682. The minimum atomic E-state index is -0.811. The van der Waals surface area contributed by atoms with Crippen LogP contribution < -0.4 is 11.1 Å². The molecule has 0 aromatic carbocycles. The van der Waals surface area contributed by atoms with E-state index >= 15 is 0 Å². The Balaban J connectivity index is 1.85. The van der Waals surface area contributed by atoms with Crippen LogP contribution in [0.2, 0.25) is 0 Å². The highest BCUT2D eigenvalue weighted by molar-refractivity contribution is 5.87. The Morgan fingerprint density at radius 2 is 2.17 bits per heavy atom. The molecule has 122 valence electrons. The van der Waals surface area contributed by atoms with Crippen LogP contribution in [0.25, 0.3) is 0 Å². The minimum absolute atomic E-state index is 0.0299. The summed E-state index contributed by atoms with van der Waals surface area (Å²) in [5.41, 5.74) is 6.93. The molecule has 0 aliphatic carbocycles. The maximum Gasteiger partial charge on any atom is 0.317 e. The lowest BCUT2D eigenvalue weighted by molar-refractivity contribution is 0.0958. The topological polar surface area (TPSA) is 127 Å². The second kappa shape index (κ2) is 7.34. The van der Waals surface area contributed by atoms with E-state index < -0.39 is 5.91 Å². The van der Waals surface area contributed by atoms with Crippen LogP contribution in [0.1, 0.15) is 34.7 Å². The number of primary amides is 1. The van der Waals surface area contributed by atoms with Crippen molar-refractivity contribution in [3.63, 3.8) is 0 Å². The van der Waals surface area contributed by atoms with Crippen LogP contribution in [0.5, 0.6) is 0 Å². The summed E-state index contributed by atoms with van der Waals surface area (Å²) in [6.45, 7) is 2.45. The molecule has 0 fully saturated rings. The highest BCUT2D eigenvalue weighted by atomic mass is 16.5. The van der Waals surface area contributed by atoms with Gasteiger partial charge in [0.1, 0.15) is 0 Å². The van der Waals surface area contributed by atoms with Crippen molar-refractivity contribution in [1.29, 1.82) is 0 Å². The van der Waals surface area contributed by atoms with E-state index in [1.54, 1.807) is 13.2 Å². The van der Waals surface area contributed by atoms with Crippen molar-refractivity contribution in [3.05, 3.63) is 41.3 Å². The molecule has 0 spiro atoms. The third-order valence-corrected chi connectivity index (χ3v) is 3.12. The van der Waals surface area contributed by atoms with E-state index in [4.69, 9.17) is 5.73 Å². The molecule has 9 nitrogen and oxygen atoms in total. The van der Waals surface area contributed by atoms with Gasteiger partial charge in [-0.2, -0.15) is 4.98 Å². The van der Waals surface area contributed by atoms with Crippen molar-refractivity contribution in [3.8, 4) is 0 Å². The number of rotatable bonds is 6. The highest BCUT2D eigenvalue weighted by Gasteiger charge is 2.14. The number of amides is 3. The highest BCUT2D eigenvalue weighted by Crippen LogP contribution is 2.04. The van der Waals surface area contributed by atoms with Gasteiger partial charge in [-0.1, -0.05) is 18.1 Å². The number of pyridine rings is 1. The third-order valence-electron chi connectivity index (χ3n) is 3.12. The number of carbonyl (C=O) groups excluding carboxylic acids is 2. The summed E-state index contributed by atoms with van der Waals surface area (Å²) < 4.78 is 4.63. The molecule has 0 saturated carbocycles. The zero-order chi connectivity index (χ0) is 16.8. The Kier molecular flexibility index (Phi) is 5.23. The largest absolute Gasteiger partial charge is 0.361 e. The number of hydrogen-bond donors (Lipinski definition) is 2. The van der Waals surface area contributed by atoms with Crippen molar-refractivity contribution in [1.82, 2.24) is 25.3 Å². The number of nitrogens with one attached hydrogen (secondary N) is 1. The Hall–Kier alpha value is -2.97. The minimum Gasteiger partial charge on any atom is -0.361 e. The maximum absolute atomic E-state index is 12.0. The first-order valence-electron chi connectivity index (χ1n) is 7.04. The van der Waals surface area contributed by atoms with Crippen LogP contribution >= 0.6 is 0 Å². The van der Waals surface area contributed by atoms with Crippen molar-refractivity contribution in [2.45, 2.75) is 26.4 Å². The summed E-state index contributed by atoms with van der Waals surface area (Å²) in [6.07, 6.45) is 2.72. The summed E-state index contributed by atoms with van der Waals surface area (Å²) in [5.74, 6) is -0.928. The van der Waals surface area contributed by atoms with E-state index in [2.05, 4.69) is 31.9 Å². The van der Waals surface area contributed by atoms with Gasteiger partial charge in [0.15, 0.2) is 5.82 Å². The standard InChI is InChI=1S/C14H18N6O3/c1-3-9-4-5-10(16-6-9)8-20(2)14(22)17-7-11-18-13(12(15)21)23-19-11/h4-6H,3,7-8H2,1-2H3,(H2,15,21)(H,17,22). The molecule has 0 unspecified atom stereocenters. The fourth-order valence-electron chi connectivity index (χ4n) is 1.79. The smallest absolute Gasteiger partial charge is 0.317 e. The molecule has 9 heteroatoms. The average Bonchev–Trinajstić information content (AvgIpc) is 3.02. The van der Waals surface area contributed by atoms with E-state index in [9.17, 15) is 9.59 Å². The predicted molar refractivity (Wildman–Crippen MR) is 80.1 cm³/mol. The molecule has 3 N–H and O–H groups in total. The van der Waals surface area contributed by atoms with Crippen molar-refractivity contribution >= 4 is 11.9 Å². The number of nitrogens with two attached hydrogens (primary N) is 1. The average molecular weight is 318 g/mol. The lowest BCUT2D eigenvalue weighted by Gasteiger charge is -2.17. The summed E-state index contributed by atoms with van der Waals surface area (Å²) in [4.78, 5) is 32.3. The molecule has 0 radical (unpaired) electrons. The molecule has 0 atom stereocenters. The second-order valence-corrected chi connectivity index (χ2v) is 4.91. The van der Waals surface area contributed by atoms with Gasteiger partial charge < -0.3 is 20.5 Å². The number of urea groups is 1. The van der Waals surface area contributed by atoms with Gasteiger partial charge in [-0.3, -0.25) is 9.78 Å². The molecule has 2 aromatic rings. The first kappa shape index (κ1) is 16.4. The Labute approximate surface area is 132 Å². The molecule has 0 aliphatic heterocycles. The van der Waals surface area contributed by atoms with Gasteiger partial charge in [-0.05, 0) is 18.1 Å². The SMILES string of the molecule is CCc1ccc(CN(C)C(=O)NCc2noc(C(N)=O)n2)nc1. The van der Waals surface area contributed by atoms with Gasteiger partial charge in [0.05, 0.1) is 18.8 Å². The van der Waals surface area contributed by atoms with Crippen molar-refractivity contribution in [2.24, 2.45) is 5.73 Å². The molecular weight excluding hydrogens is 300 g/mol. The summed E-state index contributed by atoms with van der Waals surface area (Å²) >= 11 is 0. The summed E-state index contributed by atoms with van der Waals surface area (Å²) in [5, 5.41) is 6.16. The van der Waals surface area contributed by atoms with Crippen LogP contribution in [0.15, 0.2) is 22.9 Å². The van der Waals surface area contributed by atoms with E-state index in [1.807, 2.05) is 12.1 Å². The molecule has 3 amide bonds. The molecule has 0 saturated heterocycles. The van der Waals surface area contributed by atoms with Gasteiger partial charge in [-0.25, -0.2) is 4.79 Å². The van der Waals surface area contributed by atoms with Gasteiger partial charge in [-0.15, -0.1) is 0 Å². The molecular formula is C14H18N6O3. The molecule has 23 heavy (non-hydrogen) atoms. The van der Waals surface area contributed by atoms with Crippen LogP contribution in [0, 0.1) is 0 Å².